The number of methoxy groups -OCH3 is 1. The van der Waals surface area contributed by atoms with Crippen LogP contribution in [0, 0.1) is 11.8 Å². The van der Waals surface area contributed by atoms with Crippen molar-refractivity contribution in [1.82, 2.24) is 0 Å². The van der Waals surface area contributed by atoms with Crippen LogP contribution < -0.4 is 5.73 Å². The maximum atomic E-state index is 11.0. The second-order valence-electron chi connectivity index (χ2n) is 3.95. The summed E-state index contributed by atoms with van der Waals surface area (Å²) in [6.07, 6.45) is 1.35. The van der Waals surface area contributed by atoms with Gasteiger partial charge in [0.05, 0.1) is 7.11 Å². The third kappa shape index (κ3) is 6.46. The third-order valence-corrected chi connectivity index (χ3v) is 1.98. The molecule has 0 aliphatic rings. The molecule has 0 bridgehead atoms. The van der Waals surface area contributed by atoms with Crippen LogP contribution in [0.3, 0.4) is 0 Å². The highest BCUT2D eigenvalue weighted by Gasteiger charge is 2.17. The van der Waals surface area contributed by atoms with E-state index in [0.717, 1.165) is 6.42 Å². The van der Waals surface area contributed by atoms with Crippen molar-refractivity contribution < 1.29 is 14.3 Å². The van der Waals surface area contributed by atoms with Gasteiger partial charge in [0.1, 0.15) is 0 Å². The van der Waals surface area contributed by atoms with Crippen LogP contribution in [0.2, 0.25) is 0 Å². The average Bonchev–Trinajstić information content (AvgIpc) is 2.01. The number of hydrogen-bond donors (Lipinski definition) is 1. The summed E-state index contributed by atoms with van der Waals surface area (Å²) in [7, 11) is 1.35. The number of primary amides is 1. The van der Waals surface area contributed by atoms with Crippen LogP contribution in [-0.2, 0) is 14.3 Å². The summed E-state index contributed by atoms with van der Waals surface area (Å²) in [5.41, 5.74) is 5.10. The lowest BCUT2D eigenvalue weighted by Gasteiger charge is -2.15. The normalized spacial score (nSPS) is 12.6. The Morgan fingerprint density at radius 1 is 1.29 bits per heavy atom. The van der Waals surface area contributed by atoms with E-state index >= 15 is 0 Å². The molecule has 0 heterocycles. The maximum absolute atomic E-state index is 11.0. The lowest BCUT2D eigenvalue weighted by molar-refractivity contribution is -0.142. The summed E-state index contributed by atoms with van der Waals surface area (Å²) in [6.45, 7) is 4.09. The molecule has 2 N–H and O–H groups in total. The van der Waals surface area contributed by atoms with Crippen LogP contribution in [0.25, 0.3) is 0 Å². The molecule has 0 saturated carbocycles. The molecule has 4 heteroatoms. The molecule has 1 amide bonds. The van der Waals surface area contributed by atoms with Gasteiger partial charge >= 0.3 is 5.97 Å². The molecule has 0 aromatic carbocycles. The van der Waals surface area contributed by atoms with Gasteiger partial charge in [0.15, 0.2) is 0 Å². The standard InChI is InChI=1S/C10H19NO3/c1-7(2)4-8(5-9(11)12)6-10(13)14-3/h7-8H,4-6H2,1-3H3,(H2,11,12)/t8-/m1/s1. The van der Waals surface area contributed by atoms with Gasteiger partial charge in [-0.1, -0.05) is 13.8 Å². The first-order chi connectivity index (χ1) is 6.45. The summed E-state index contributed by atoms with van der Waals surface area (Å²) in [4.78, 5) is 21.7. The minimum atomic E-state index is -0.362. The van der Waals surface area contributed by atoms with E-state index < -0.39 is 0 Å². The van der Waals surface area contributed by atoms with E-state index in [9.17, 15) is 9.59 Å². The highest BCUT2D eigenvalue weighted by molar-refractivity contribution is 5.75. The number of rotatable bonds is 6. The molecule has 0 radical (unpaired) electrons. The van der Waals surface area contributed by atoms with Crippen LogP contribution in [-0.4, -0.2) is 19.0 Å². The molecule has 0 unspecified atom stereocenters. The van der Waals surface area contributed by atoms with E-state index in [1.807, 2.05) is 13.8 Å². The van der Waals surface area contributed by atoms with Gasteiger partial charge in [-0.3, -0.25) is 9.59 Å². The summed E-state index contributed by atoms with van der Waals surface area (Å²) in [6, 6.07) is 0. The van der Waals surface area contributed by atoms with E-state index in [0.29, 0.717) is 5.92 Å². The Morgan fingerprint density at radius 2 is 1.86 bits per heavy atom. The fourth-order valence-electron chi connectivity index (χ4n) is 1.51. The third-order valence-electron chi connectivity index (χ3n) is 1.98. The van der Waals surface area contributed by atoms with Gasteiger partial charge in [0, 0.05) is 12.8 Å². The Hall–Kier alpha value is -1.06. The molecule has 0 aliphatic heterocycles. The number of amides is 1. The van der Waals surface area contributed by atoms with E-state index in [-0.39, 0.29) is 30.6 Å². The topological polar surface area (TPSA) is 69.4 Å². The second-order valence-corrected chi connectivity index (χ2v) is 3.95. The molecule has 0 saturated heterocycles. The van der Waals surface area contributed by atoms with E-state index in [4.69, 9.17) is 5.73 Å². The predicted molar refractivity (Wildman–Crippen MR) is 53.4 cm³/mol. The fourth-order valence-corrected chi connectivity index (χ4v) is 1.51. The molecule has 82 valence electrons. The van der Waals surface area contributed by atoms with Crippen molar-refractivity contribution >= 4 is 11.9 Å². The number of carbonyl (C=O) groups is 2. The van der Waals surface area contributed by atoms with Gasteiger partial charge in [-0.15, -0.1) is 0 Å². The van der Waals surface area contributed by atoms with Crippen LogP contribution in [0.15, 0.2) is 0 Å². The summed E-state index contributed by atoms with van der Waals surface area (Å²) in [5, 5.41) is 0. The Morgan fingerprint density at radius 3 is 2.21 bits per heavy atom. The van der Waals surface area contributed by atoms with Crippen LogP contribution in [0.1, 0.15) is 33.1 Å². The molecule has 0 spiro atoms. The van der Waals surface area contributed by atoms with E-state index in [1.54, 1.807) is 0 Å². The molecule has 0 fully saturated rings. The predicted octanol–water partition coefficient (Wildman–Crippen LogP) is 1.09. The van der Waals surface area contributed by atoms with Crippen molar-refractivity contribution in [3.63, 3.8) is 0 Å². The highest BCUT2D eigenvalue weighted by atomic mass is 16.5. The largest absolute Gasteiger partial charge is 0.469 e. The number of ether oxygens (including phenoxy) is 1. The van der Waals surface area contributed by atoms with Crippen molar-refractivity contribution in [2.75, 3.05) is 7.11 Å². The van der Waals surface area contributed by atoms with Crippen molar-refractivity contribution in [2.24, 2.45) is 17.6 Å². The zero-order valence-corrected chi connectivity index (χ0v) is 9.08. The minimum absolute atomic E-state index is 0.0138. The smallest absolute Gasteiger partial charge is 0.305 e. The number of nitrogens with two attached hydrogens (primary N) is 1. The van der Waals surface area contributed by atoms with Gasteiger partial charge in [-0.25, -0.2) is 0 Å². The summed E-state index contributed by atoms with van der Waals surface area (Å²) < 4.78 is 4.55. The first-order valence-electron chi connectivity index (χ1n) is 4.80. The second kappa shape index (κ2) is 6.40. The lowest BCUT2D eigenvalue weighted by atomic mass is 9.91. The number of carbonyl (C=O) groups excluding carboxylic acids is 2. The highest BCUT2D eigenvalue weighted by Crippen LogP contribution is 2.19. The molecule has 0 rings (SSSR count). The van der Waals surface area contributed by atoms with Gasteiger partial charge in [-0.2, -0.15) is 0 Å². The summed E-state index contributed by atoms with van der Waals surface area (Å²) >= 11 is 0. The Balaban J connectivity index is 4.09. The zero-order valence-electron chi connectivity index (χ0n) is 9.08. The molecule has 4 nitrogen and oxygen atoms in total. The van der Waals surface area contributed by atoms with Gasteiger partial charge in [-0.05, 0) is 18.3 Å². The molecule has 0 aromatic heterocycles. The first-order valence-corrected chi connectivity index (χ1v) is 4.80. The van der Waals surface area contributed by atoms with Crippen LogP contribution in [0.4, 0.5) is 0 Å². The van der Waals surface area contributed by atoms with E-state index in [2.05, 4.69) is 4.74 Å². The fraction of sp³-hybridized carbons (Fsp3) is 0.800. The number of hydrogen-bond acceptors (Lipinski definition) is 3. The van der Waals surface area contributed by atoms with Crippen molar-refractivity contribution in [3.8, 4) is 0 Å². The molecule has 0 aliphatic carbocycles. The molecule has 0 aromatic rings. The van der Waals surface area contributed by atoms with Gasteiger partial charge < -0.3 is 10.5 Å². The Labute approximate surface area is 84.8 Å². The maximum Gasteiger partial charge on any atom is 0.305 e. The Bertz CT molecular complexity index is 202. The number of esters is 1. The van der Waals surface area contributed by atoms with Crippen LogP contribution >= 0.6 is 0 Å². The van der Waals surface area contributed by atoms with Crippen molar-refractivity contribution in [2.45, 2.75) is 33.1 Å². The minimum Gasteiger partial charge on any atom is -0.469 e. The quantitative estimate of drug-likeness (QED) is 0.654. The van der Waals surface area contributed by atoms with Crippen LogP contribution in [0.5, 0.6) is 0 Å². The molecular weight excluding hydrogens is 182 g/mol. The zero-order chi connectivity index (χ0) is 11.1. The molecular formula is C10H19NO3. The van der Waals surface area contributed by atoms with Crippen molar-refractivity contribution in [1.29, 1.82) is 0 Å². The summed E-state index contributed by atoms with van der Waals surface area (Å²) in [5.74, 6) is -0.180. The molecule has 14 heavy (non-hydrogen) atoms. The van der Waals surface area contributed by atoms with Gasteiger partial charge in [0.25, 0.3) is 0 Å². The van der Waals surface area contributed by atoms with Gasteiger partial charge in [0.2, 0.25) is 5.91 Å². The SMILES string of the molecule is COC(=O)C[C@@H](CC(N)=O)CC(C)C. The van der Waals surface area contributed by atoms with E-state index in [1.165, 1.54) is 7.11 Å². The first kappa shape index (κ1) is 12.9. The van der Waals surface area contributed by atoms with Crippen molar-refractivity contribution in [3.05, 3.63) is 0 Å². The lowest BCUT2D eigenvalue weighted by Crippen LogP contribution is -2.20. The Kier molecular flexibility index (Phi) is 5.92. The molecule has 1 atom stereocenters. The monoisotopic (exact) mass is 201 g/mol. The average molecular weight is 201 g/mol.